The van der Waals surface area contributed by atoms with Crippen LogP contribution >= 0.6 is 0 Å². The number of aliphatic imine (C=N–C) groups is 1. The summed E-state index contributed by atoms with van der Waals surface area (Å²) in [7, 11) is 1.51. The van der Waals surface area contributed by atoms with Crippen molar-refractivity contribution < 1.29 is 24.2 Å². The molecular weight excluding hydrogens is 522 g/mol. The molecule has 0 fully saturated rings. The van der Waals surface area contributed by atoms with Crippen LogP contribution in [0.2, 0.25) is 0 Å². The molecule has 216 valence electrons. The summed E-state index contributed by atoms with van der Waals surface area (Å²) in [5.74, 6) is 0.256. The number of para-hydroxylation sites is 1. The zero-order valence-electron chi connectivity index (χ0n) is 23.6. The fraction of sp³-hybridized carbons (Fsp3) is 0.355. The summed E-state index contributed by atoms with van der Waals surface area (Å²) in [4.78, 5) is 37.3. The lowest BCUT2D eigenvalue weighted by atomic mass is 9.96. The number of ether oxygens (including phenoxy) is 2. The Balaban J connectivity index is 1.38. The van der Waals surface area contributed by atoms with E-state index in [2.05, 4.69) is 23.8 Å². The van der Waals surface area contributed by atoms with Crippen LogP contribution in [0.15, 0.2) is 77.9 Å². The van der Waals surface area contributed by atoms with Crippen molar-refractivity contribution in [1.82, 2.24) is 14.8 Å². The molecule has 2 aromatic carbocycles. The molecule has 4 rings (SSSR count). The van der Waals surface area contributed by atoms with Crippen molar-refractivity contribution in [2.24, 2.45) is 16.6 Å². The number of aromatic nitrogens is 1. The molecule has 0 bridgehead atoms. The van der Waals surface area contributed by atoms with E-state index in [-0.39, 0.29) is 37.5 Å². The summed E-state index contributed by atoms with van der Waals surface area (Å²) in [5, 5.41) is 9.77. The van der Waals surface area contributed by atoms with E-state index < -0.39 is 12.0 Å². The number of guanidine groups is 1. The van der Waals surface area contributed by atoms with Gasteiger partial charge in [0.25, 0.3) is 0 Å². The zero-order valence-corrected chi connectivity index (χ0v) is 23.6. The minimum atomic E-state index is -1.11. The topological polar surface area (TPSA) is 131 Å². The molecule has 2 atom stereocenters. The van der Waals surface area contributed by atoms with Crippen molar-refractivity contribution in [2.75, 3.05) is 13.7 Å². The van der Waals surface area contributed by atoms with Gasteiger partial charge in [-0.1, -0.05) is 62.4 Å². The lowest BCUT2D eigenvalue weighted by Crippen LogP contribution is -2.49. The lowest BCUT2D eigenvalue weighted by Gasteiger charge is -2.38. The predicted molar refractivity (Wildman–Crippen MR) is 156 cm³/mol. The van der Waals surface area contributed by atoms with E-state index in [9.17, 15) is 14.7 Å². The average molecular weight is 560 g/mol. The Morgan fingerprint density at radius 3 is 2.44 bits per heavy atom. The summed E-state index contributed by atoms with van der Waals surface area (Å²) >= 11 is 0. The number of carboxylic acids is 1. The van der Waals surface area contributed by atoms with Crippen molar-refractivity contribution in [3.63, 3.8) is 0 Å². The molecule has 0 spiro atoms. The van der Waals surface area contributed by atoms with Gasteiger partial charge < -0.3 is 30.1 Å². The molecule has 2 unspecified atom stereocenters. The third-order valence-electron chi connectivity index (χ3n) is 7.13. The standard InChI is InChI=1S/C31H37N5O5/c1-21(2)26(14-15-29(37)35(3)27(30(38)39)20-40-19-22-10-6-4-7-11-22)36-18-23-16-28(33-17-25(23)34-31(36)32)41-24-12-8-5-9-13-24/h4-13,16-17,21,26-27H,14-15,18-20H2,1-3H3,(H2,32,34)(H,38,39). The first kappa shape index (κ1) is 29.5. The number of nitrogens with two attached hydrogens (primary N) is 1. The van der Waals surface area contributed by atoms with Crippen molar-refractivity contribution in [3.05, 3.63) is 84.1 Å². The number of aliphatic carboxylic acids is 1. The van der Waals surface area contributed by atoms with Gasteiger partial charge in [0.1, 0.15) is 5.75 Å². The molecule has 0 radical (unpaired) electrons. The van der Waals surface area contributed by atoms with Gasteiger partial charge in [-0.2, -0.15) is 0 Å². The van der Waals surface area contributed by atoms with Crippen LogP contribution in [0.25, 0.3) is 0 Å². The van der Waals surface area contributed by atoms with Gasteiger partial charge in [0.2, 0.25) is 11.8 Å². The normalized spacial score (nSPS) is 14.1. The number of amides is 1. The smallest absolute Gasteiger partial charge is 0.328 e. The van der Waals surface area contributed by atoms with E-state index in [1.54, 1.807) is 6.20 Å². The van der Waals surface area contributed by atoms with Crippen molar-refractivity contribution in [1.29, 1.82) is 0 Å². The molecule has 1 aliphatic heterocycles. The molecule has 1 amide bonds. The van der Waals surface area contributed by atoms with Crippen LogP contribution in [0.5, 0.6) is 11.6 Å². The van der Waals surface area contributed by atoms with Crippen LogP contribution in [-0.4, -0.2) is 63.5 Å². The Hall–Kier alpha value is -4.44. The molecule has 3 aromatic rings. The van der Waals surface area contributed by atoms with Gasteiger partial charge in [-0.3, -0.25) is 4.79 Å². The first-order chi connectivity index (χ1) is 19.7. The highest BCUT2D eigenvalue weighted by atomic mass is 16.5. The number of likely N-dealkylation sites (N-methyl/N-ethyl adjacent to an activating group) is 1. The number of hydrogen-bond acceptors (Lipinski definition) is 8. The second-order valence-corrected chi connectivity index (χ2v) is 10.4. The van der Waals surface area contributed by atoms with E-state index >= 15 is 0 Å². The van der Waals surface area contributed by atoms with E-state index in [0.717, 1.165) is 11.1 Å². The Morgan fingerprint density at radius 1 is 1.10 bits per heavy atom. The summed E-state index contributed by atoms with van der Waals surface area (Å²) in [6.45, 7) is 4.77. The summed E-state index contributed by atoms with van der Waals surface area (Å²) < 4.78 is 11.5. The lowest BCUT2D eigenvalue weighted by molar-refractivity contribution is -0.152. The molecule has 0 aliphatic carbocycles. The number of fused-ring (bicyclic) bond motifs is 1. The molecule has 41 heavy (non-hydrogen) atoms. The molecule has 10 heteroatoms. The molecule has 3 N–H and O–H groups in total. The highest BCUT2D eigenvalue weighted by Gasteiger charge is 2.31. The first-order valence-electron chi connectivity index (χ1n) is 13.7. The predicted octanol–water partition coefficient (Wildman–Crippen LogP) is 4.57. The maximum absolute atomic E-state index is 13.1. The van der Waals surface area contributed by atoms with Crippen LogP contribution in [0.3, 0.4) is 0 Å². The maximum atomic E-state index is 13.1. The monoisotopic (exact) mass is 559 g/mol. The number of rotatable bonds is 13. The average Bonchev–Trinajstić information content (AvgIpc) is 2.96. The second kappa shape index (κ2) is 13.8. The number of pyridine rings is 1. The van der Waals surface area contributed by atoms with Gasteiger partial charge in [-0.05, 0) is 30.0 Å². The minimum absolute atomic E-state index is 0.103. The third-order valence-corrected chi connectivity index (χ3v) is 7.13. The Kier molecular flexibility index (Phi) is 9.91. The molecule has 1 aliphatic rings. The van der Waals surface area contributed by atoms with Gasteiger partial charge in [-0.15, -0.1) is 0 Å². The molecule has 2 heterocycles. The van der Waals surface area contributed by atoms with Crippen molar-refractivity contribution in [2.45, 2.75) is 51.9 Å². The van der Waals surface area contributed by atoms with Crippen LogP contribution in [0, 0.1) is 5.92 Å². The number of carboxylic acid groups (broad SMARTS) is 1. The molecule has 0 saturated heterocycles. The Morgan fingerprint density at radius 2 is 1.78 bits per heavy atom. The van der Waals surface area contributed by atoms with Gasteiger partial charge >= 0.3 is 5.97 Å². The number of carbonyl (C=O) groups excluding carboxylic acids is 1. The number of hydrogen-bond donors (Lipinski definition) is 2. The molecule has 1 aromatic heterocycles. The van der Waals surface area contributed by atoms with Crippen LogP contribution in [-0.2, 0) is 27.5 Å². The van der Waals surface area contributed by atoms with Gasteiger partial charge in [0.05, 0.1) is 25.1 Å². The molecule has 10 nitrogen and oxygen atoms in total. The quantitative estimate of drug-likeness (QED) is 0.311. The zero-order chi connectivity index (χ0) is 29.4. The fourth-order valence-corrected chi connectivity index (χ4v) is 4.78. The van der Waals surface area contributed by atoms with Gasteiger partial charge in [0, 0.05) is 37.7 Å². The second-order valence-electron chi connectivity index (χ2n) is 10.4. The molecular formula is C31H37N5O5. The SMILES string of the molecule is CC(C)C(CCC(=O)N(C)C(COCc1ccccc1)C(=O)O)N1Cc2cc(Oc3ccccc3)ncc2N=C1N. The first-order valence-corrected chi connectivity index (χ1v) is 13.7. The van der Waals surface area contributed by atoms with Crippen LogP contribution < -0.4 is 10.5 Å². The number of carbonyl (C=O) groups is 2. The van der Waals surface area contributed by atoms with E-state index in [1.165, 1.54) is 11.9 Å². The van der Waals surface area contributed by atoms with E-state index in [4.69, 9.17) is 15.2 Å². The molecule has 0 saturated carbocycles. The van der Waals surface area contributed by atoms with Gasteiger partial charge in [-0.25, -0.2) is 14.8 Å². The van der Waals surface area contributed by atoms with E-state index in [1.807, 2.05) is 71.6 Å². The number of benzene rings is 2. The summed E-state index contributed by atoms with van der Waals surface area (Å²) in [6, 6.07) is 19.6. The fourth-order valence-electron chi connectivity index (χ4n) is 4.78. The highest BCUT2D eigenvalue weighted by molar-refractivity contribution is 5.85. The van der Waals surface area contributed by atoms with Crippen molar-refractivity contribution >= 4 is 23.5 Å². The summed E-state index contributed by atoms with van der Waals surface area (Å²) in [5.41, 5.74) is 8.90. The van der Waals surface area contributed by atoms with Gasteiger partial charge in [0.15, 0.2) is 12.0 Å². The van der Waals surface area contributed by atoms with Crippen LogP contribution in [0.1, 0.15) is 37.8 Å². The third kappa shape index (κ3) is 7.82. The highest BCUT2D eigenvalue weighted by Crippen LogP contribution is 2.32. The maximum Gasteiger partial charge on any atom is 0.328 e. The van der Waals surface area contributed by atoms with E-state index in [0.29, 0.717) is 36.2 Å². The summed E-state index contributed by atoms with van der Waals surface area (Å²) in [6.07, 6.45) is 2.27. The largest absolute Gasteiger partial charge is 0.480 e. The Labute approximate surface area is 240 Å². The van der Waals surface area contributed by atoms with Crippen molar-refractivity contribution in [3.8, 4) is 11.6 Å². The minimum Gasteiger partial charge on any atom is -0.480 e. The van der Waals surface area contributed by atoms with Crippen LogP contribution in [0.4, 0.5) is 5.69 Å². The number of nitrogens with zero attached hydrogens (tertiary/aromatic N) is 4. The Bertz CT molecular complexity index is 1350.